The minimum atomic E-state index is 0.0568. The number of hydrogen-bond acceptors (Lipinski definition) is 4. The van der Waals surface area contributed by atoms with Gasteiger partial charge < -0.3 is 4.90 Å². The Morgan fingerprint density at radius 1 is 1.00 bits per heavy atom. The summed E-state index contributed by atoms with van der Waals surface area (Å²) >= 11 is 12.3. The van der Waals surface area contributed by atoms with Crippen LogP contribution in [0.3, 0.4) is 0 Å². The van der Waals surface area contributed by atoms with Crippen LogP contribution in [0.25, 0.3) is 22.2 Å². The quantitative estimate of drug-likeness (QED) is 0.364. The van der Waals surface area contributed by atoms with Gasteiger partial charge in [0.1, 0.15) is 6.54 Å². The molecule has 1 fully saturated rings. The molecule has 1 amide bonds. The lowest BCUT2D eigenvalue weighted by Gasteiger charge is -2.35. The number of carbonyl (C=O) groups is 1. The van der Waals surface area contributed by atoms with Gasteiger partial charge in [0.2, 0.25) is 5.91 Å². The van der Waals surface area contributed by atoms with Gasteiger partial charge in [-0.1, -0.05) is 59.1 Å². The van der Waals surface area contributed by atoms with Crippen LogP contribution in [-0.2, 0) is 17.9 Å². The first-order valence-corrected chi connectivity index (χ1v) is 12.5. The molecule has 1 saturated heterocycles. The molecule has 0 saturated carbocycles. The van der Waals surface area contributed by atoms with Crippen molar-refractivity contribution in [1.82, 2.24) is 24.6 Å². The van der Waals surface area contributed by atoms with E-state index in [4.69, 9.17) is 28.3 Å². The van der Waals surface area contributed by atoms with Gasteiger partial charge in [0, 0.05) is 54.4 Å². The molecular formula is C27H27Cl2N5O. The summed E-state index contributed by atoms with van der Waals surface area (Å²) in [6, 6.07) is 16.0. The van der Waals surface area contributed by atoms with Gasteiger partial charge in [-0.2, -0.15) is 5.10 Å². The molecule has 0 radical (unpaired) electrons. The highest BCUT2D eigenvalue weighted by molar-refractivity contribution is 6.35. The molecule has 2 aromatic carbocycles. The molecule has 0 N–H and O–H groups in total. The Hall–Kier alpha value is -2.93. The number of amides is 1. The van der Waals surface area contributed by atoms with E-state index in [1.165, 1.54) is 5.56 Å². The standard InChI is InChI=1S/C27H27Cl2N5O/c1-18-4-3-5-20(14-18)23-8-9-30-27-26(23)19(2)31-34(27)17-25(35)33-12-10-32(11-13-33)16-21-6-7-22(28)15-24(21)29/h3-9,14-15H,10-13,16-17H2,1-2H3. The third kappa shape index (κ3) is 5.06. The van der Waals surface area contributed by atoms with Crippen LogP contribution in [0.5, 0.6) is 0 Å². The monoisotopic (exact) mass is 507 g/mol. The number of carbonyl (C=O) groups excluding carboxylic acids is 1. The van der Waals surface area contributed by atoms with Gasteiger partial charge in [-0.3, -0.25) is 9.69 Å². The number of pyridine rings is 1. The lowest BCUT2D eigenvalue weighted by Crippen LogP contribution is -2.49. The highest BCUT2D eigenvalue weighted by Gasteiger charge is 2.23. The van der Waals surface area contributed by atoms with Crippen molar-refractivity contribution in [3.05, 3.63) is 81.6 Å². The number of halogens is 2. The highest BCUT2D eigenvalue weighted by atomic mass is 35.5. The van der Waals surface area contributed by atoms with Gasteiger partial charge in [-0.25, -0.2) is 9.67 Å². The van der Waals surface area contributed by atoms with E-state index in [9.17, 15) is 4.79 Å². The summed E-state index contributed by atoms with van der Waals surface area (Å²) in [5.74, 6) is 0.0568. The molecule has 0 unspecified atom stereocenters. The molecule has 5 rings (SSSR count). The molecule has 2 aromatic heterocycles. The Bertz CT molecular complexity index is 1390. The van der Waals surface area contributed by atoms with E-state index in [2.05, 4.69) is 41.1 Å². The maximum atomic E-state index is 13.2. The first-order valence-electron chi connectivity index (χ1n) is 11.7. The van der Waals surface area contributed by atoms with Crippen molar-refractivity contribution in [3.8, 4) is 11.1 Å². The molecule has 180 valence electrons. The highest BCUT2D eigenvalue weighted by Crippen LogP contribution is 2.30. The Kier molecular flexibility index (Phi) is 6.78. The molecule has 6 nitrogen and oxygen atoms in total. The second-order valence-corrected chi connectivity index (χ2v) is 9.91. The summed E-state index contributed by atoms with van der Waals surface area (Å²) in [6.07, 6.45) is 1.79. The van der Waals surface area contributed by atoms with E-state index < -0.39 is 0 Å². The zero-order valence-electron chi connectivity index (χ0n) is 19.8. The van der Waals surface area contributed by atoms with Crippen LogP contribution in [0, 0.1) is 13.8 Å². The molecule has 1 aliphatic heterocycles. The molecular weight excluding hydrogens is 481 g/mol. The van der Waals surface area contributed by atoms with E-state index in [0.29, 0.717) is 23.1 Å². The number of hydrogen-bond donors (Lipinski definition) is 0. The zero-order valence-corrected chi connectivity index (χ0v) is 21.4. The predicted molar refractivity (Wildman–Crippen MR) is 141 cm³/mol. The van der Waals surface area contributed by atoms with Crippen molar-refractivity contribution in [2.75, 3.05) is 26.2 Å². The van der Waals surface area contributed by atoms with E-state index in [-0.39, 0.29) is 12.5 Å². The Labute approximate surface area is 215 Å². The average molecular weight is 508 g/mol. The first kappa shape index (κ1) is 23.8. The van der Waals surface area contributed by atoms with Crippen LogP contribution in [-0.4, -0.2) is 56.7 Å². The van der Waals surface area contributed by atoms with E-state index >= 15 is 0 Å². The number of nitrogens with zero attached hydrogens (tertiary/aromatic N) is 5. The molecule has 0 atom stereocenters. The van der Waals surface area contributed by atoms with E-state index in [1.54, 1.807) is 16.9 Å². The summed E-state index contributed by atoms with van der Waals surface area (Å²) < 4.78 is 1.74. The topological polar surface area (TPSA) is 54.3 Å². The lowest BCUT2D eigenvalue weighted by molar-refractivity contribution is -0.133. The van der Waals surface area contributed by atoms with Crippen molar-refractivity contribution >= 4 is 40.1 Å². The van der Waals surface area contributed by atoms with Crippen LogP contribution >= 0.6 is 23.2 Å². The molecule has 0 spiro atoms. The molecule has 0 bridgehead atoms. The second kappa shape index (κ2) is 9.97. The Morgan fingerprint density at radius 2 is 1.80 bits per heavy atom. The molecule has 1 aliphatic rings. The van der Waals surface area contributed by atoms with Crippen LogP contribution in [0.2, 0.25) is 10.0 Å². The van der Waals surface area contributed by atoms with Gasteiger partial charge in [0.25, 0.3) is 0 Å². The van der Waals surface area contributed by atoms with Crippen LogP contribution in [0.15, 0.2) is 54.7 Å². The van der Waals surface area contributed by atoms with Gasteiger partial charge in [-0.15, -0.1) is 0 Å². The molecule has 8 heteroatoms. The zero-order chi connectivity index (χ0) is 24.5. The summed E-state index contributed by atoms with van der Waals surface area (Å²) in [7, 11) is 0. The molecule has 4 aromatic rings. The average Bonchev–Trinajstić information content (AvgIpc) is 3.16. The smallest absolute Gasteiger partial charge is 0.244 e. The number of aromatic nitrogens is 3. The molecule has 3 heterocycles. The number of benzene rings is 2. The fourth-order valence-corrected chi connectivity index (χ4v) is 5.19. The second-order valence-electron chi connectivity index (χ2n) is 9.06. The SMILES string of the molecule is Cc1cccc(-c2ccnc3c2c(C)nn3CC(=O)N2CCN(Cc3ccc(Cl)cc3Cl)CC2)c1. The number of aryl methyl sites for hydroxylation is 2. The van der Waals surface area contributed by atoms with Gasteiger partial charge in [0.15, 0.2) is 5.65 Å². The van der Waals surface area contributed by atoms with Crippen LogP contribution < -0.4 is 0 Å². The summed E-state index contributed by atoms with van der Waals surface area (Å²) in [4.78, 5) is 22.0. The number of piperazine rings is 1. The minimum absolute atomic E-state index is 0.0568. The van der Waals surface area contributed by atoms with Crippen LogP contribution in [0.4, 0.5) is 0 Å². The fraction of sp³-hybridized carbons (Fsp3) is 0.296. The van der Waals surface area contributed by atoms with Crippen molar-refractivity contribution in [3.63, 3.8) is 0 Å². The maximum Gasteiger partial charge on any atom is 0.244 e. The maximum absolute atomic E-state index is 13.2. The summed E-state index contributed by atoms with van der Waals surface area (Å²) in [5, 5.41) is 7.00. The summed E-state index contributed by atoms with van der Waals surface area (Å²) in [5.41, 5.74) is 6.08. The Morgan fingerprint density at radius 3 is 2.54 bits per heavy atom. The van der Waals surface area contributed by atoms with E-state index in [1.807, 2.05) is 30.0 Å². The molecule has 0 aliphatic carbocycles. The largest absolute Gasteiger partial charge is 0.339 e. The predicted octanol–water partition coefficient (Wildman–Crippen LogP) is 5.37. The number of rotatable bonds is 5. The van der Waals surface area contributed by atoms with Gasteiger partial charge in [0.05, 0.1) is 5.69 Å². The van der Waals surface area contributed by atoms with Crippen molar-refractivity contribution in [1.29, 1.82) is 0 Å². The molecule has 35 heavy (non-hydrogen) atoms. The fourth-order valence-electron chi connectivity index (χ4n) is 4.72. The normalized spacial score (nSPS) is 14.6. The first-order chi connectivity index (χ1) is 16.9. The van der Waals surface area contributed by atoms with Crippen LogP contribution in [0.1, 0.15) is 16.8 Å². The van der Waals surface area contributed by atoms with Crippen molar-refractivity contribution < 1.29 is 4.79 Å². The number of fused-ring (bicyclic) bond motifs is 1. The van der Waals surface area contributed by atoms with E-state index in [0.717, 1.165) is 53.1 Å². The third-order valence-corrected chi connectivity index (χ3v) is 7.14. The van der Waals surface area contributed by atoms with Gasteiger partial charge >= 0.3 is 0 Å². The third-order valence-electron chi connectivity index (χ3n) is 6.56. The van der Waals surface area contributed by atoms with Crippen molar-refractivity contribution in [2.24, 2.45) is 0 Å². The Balaban J connectivity index is 1.28. The lowest BCUT2D eigenvalue weighted by atomic mass is 10.0. The van der Waals surface area contributed by atoms with Gasteiger partial charge in [-0.05, 0) is 48.7 Å². The minimum Gasteiger partial charge on any atom is -0.339 e. The van der Waals surface area contributed by atoms with Crippen molar-refractivity contribution in [2.45, 2.75) is 26.9 Å². The summed E-state index contributed by atoms with van der Waals surface area (Å²) in [6.45, 7) is 7.91.